The molecule has 0 saturated carbocycles. The number of rotatable bonds is 4. The van der Waals surface area contributed by atoms with Crippen LogP contribution in [-0.2, 0) is 6.54 Å². The predicted octanol–water partition coefficient (Wildman–Crippen LogP) is 0.0870. The number of carbonyl (C=O) groups is 1. The number of aromatic nitrogens is 3. The molecule has 0 saturated heterocycles. The number of aliphatic hydroxyl groups is 1. The average molecular weight is 297 g/mol. The van der Waals surface area contributed by atoms with Gasteiger partial charge in [-0.05, 0) is 25.1 Å². The highest BCUT2D eigenvalue weighted by Gasteiger charge is 2.14. The summed E-state index contributed by atoms with van der Waals surface area (Å²) in [5, 5.41) is 13.2. The molecule has 1 aromatic carbocycles. The van der Waals surface area contributed by atoms with Gasteiger partial charge in [-0.2, -0.15) is 9.78 Å². The molecule has 0 aliphatic carbocycles. The van der Waals surface area contributed by atoms with E-state index < -0.39 is 11.6 Å². The molecule has 1 aromatic heterocycles. The Morgan fingerprint density at radius 3 is 2.80 bits per heavy atom. The summed E-state index contributed by atoms with van der Waals surface area (Å²) < 4.78 is 2.46. The van der Waals surface area contributed by atoms with Crippen molar-refractivity contribution in [3.8, 4) is 5.69 Å². The quantitative estimate of drug-likeness (QED) is 0.834. The minimum Gasteiger partial charge on any atom is -0.395 e. The maximum absolute atomic E-state index is 12.1. The maximum Gasteiger partial charge on any atom is 0.350 e. The van der Waals surface area contributed by atoms with Crippen molar-refractivity contribution in [2.24, 2.45) is 5.73 Å². The fraction of sp³-hybridized carbons (Fsp3) is 0.250. The van der Waals surface area contributed by atoms with Gasteiger partial charge in [0, 0.05) is 0 Å². The van der Waals surface area contributed by atoms with Gasteiger partial charge in [-0.1, -0.05) is 11.6 Å². The van der Waals surface area contributed by atoms with Gasteiger partial charge in [-0.25, -0.2) is 4.79 Å². The normalized spacial score (nSPS) is 10.8. The van der Waals surface area contributed by atoms with E-state index in [4.69, 9.17) is 22.4 Å². The third kappa shape index (κ3) is 2.45. The van der Waals surface area contributed by atoms with Crippen LogP contribution >= 0.6 is 11.6 Å². The lowest BCUT2D eigenvalue weighted by atomic mass is 10.2. The van der Waals surface area contributed by atoms with Crippen LogP contribution in [0.4, 0.5) is 0 Å². The molecule has 0 unspecified atom stereocenters. The number of aliphatic hydroxyl groups excluding tert-OH is 1. The Balaban J connectivity index is 2.58. The molecule has 0 aliphatic rings. The first-order valence-electron chi connectivity index (χ1n) is 5.82. The first-order chi connectivity index (χ1) is 9.45. The van der Waals surface area contributed by atoms with Crippen LogP contribution in [-0.4, -0.2) is 32.0 Å². The molecular weight excluding hydrogens is 284 g/mol. The maximum atomic E-state index is 12.1. The molecule has 7 nitrogen and oxygen atoms in total. The van der Waals surface area contributed by atoms with Gasteiger partial charge in [0.2, 0.25) is 5.91 Å². The Labute approximate surface area is 119 Å². The van der Waals surface area contributed by atoms with Crippen molar-refractivity contribution >= 4 is 17.5 Å². The van der Waals surface area contributed by atoms with Crippen LogP contribution in [0.2, 0.25) is 5.02 Å². The summed E-state index contributed by atoms with van der Waals surface area (Å²) in [5.41, 5.74) is 5.30. The molecule has 1 heterocycles. The number of hydrogen-bond acceptors (Lipinski definition) is 4. The Morgan fingerprint density at radius 1 is 1.50 bits per heavy atom. The number of carbonyl (C=O) groups excluding carboxylic acids is 1. The van der Waals surface area contributed by atoms with Gasteiger partial charge < -0.3 is 10.8 Å². The second-order valence-electron chi connectivity index (χ2n) is 4.15. The zero-order valence-corrected chi connectivity index (χ0v) is 11.5. The van der Waals surface area contributed by atoms with E-state index in [1.54, 1.807) is 13.0 Å². The van der Waals surface area contributed by atoms with Gasteiger partial charge >= 0.3 is 5.69 Å². The summed E-state index contributed by atoms with van der Waals surface area (Å²) in [6, 6.07) is 4.44. The van der Waals surface area contributed by atoms with Crippen LogP contribution in [0.25, 0.3) is 5.69 Å². The summed E-state index contributed by atoms with van der Waals surface area (Å²) >= 11 is 5.86. The van der Waals surface area contributed by atoms with E-state index in [1.807, 2.05) is 0 Å². The van der Waals surface area contributed by atoms with Crippen molar-refractivity contribution in [3.63, 3.8) is 0 Å². The largest absolute Gasteiger partial charge is 0.395 e. The molecule has 1 amide bonds. The summed E-state index contributed by atoms with van der Waals surface area (Å²) in [6.07, 6.45) is 0. The Bertz CT molecular complexity index is 720. The van der Waals surface area contributed by atoms with E-state index in [2.05, 4.69) is 5.10 Å². The van der Waals surface area contributed by atoms with Crippen LogP contribution in [0.15, 0.2) is 23.0 Å². The lowest BCUT2D eigenvalue weighted by Crippen LogP contribution is -2.25. The van der Waals surface area contributed by atoms with Crippen molar-refractivity contribution < 1.29 is 9.90 Å². The molecule has 3 N–H and O–H groups in total. The van der Waals surface area contributed by atoms with Crippen molar-refractivity contribution in [3.05, 3.63) is 45.1 Å². The van der Waals surface area contributed by atoms with E-state index in [0.29, 0.717) is 11.5 Å². The Hall–Kier alpha value is -2.12. The fourth-order valence-corrected chi connectivity index (χ4v) is 2.06. The molecule has 0 spiro atoms. The smallest absolute Gasteiger partial charge is 0.350 e. The van der Waals surface area contributed by atoms with Crippen LogP contribution in [0, 0.1) is 6.92 Å². The number of aryl methyl sites for hydroxylation is 1. The summed E-state index contributed by atoms with van der Waals surface area (Å²) in [7, 11) is 0. The second-order valence-corrected chi connectivity index (χ2v) is 4.55. The lowest BCUT2D eigenvalue weighted by Gasteiger charge is -2.04. The molecule has 0 aliphatic heterocycles. The van der Waals surface area contributed by atoms with Crippen LogP contribution in [0.1, 0.15) is 16.2 Å². The zero-order valence-electron chi connectivity index (χ0n) is 10.7. The number of primary amides is 1. The Kier molecular flexibility index (Phi) is 3.91. The first kappa shape index (κ1) is 14.3. The molecule has 106 valence electrons. The number of nitrogens with zero attached hydrogens (tertiary/aromatic N) is 3. The highest BCUT2D eigenvalue weighted by atomic mass is 35.5. The zero-order chi connectivity index (χ0) is 14.9. The average Bonchev–Trinajstić information content (AvgIpc) is 2.67. The van der Waals surface area contributed by atoms with Crippen molar-refractivity contribution in [1.82, 2.24) is 14.3 Å². The van der Waals surface area contributed by atoms with E-state index in [9.17, 15) is 9.59 Å². The third-order valence-corrected chi connectivity index (χ3v) is 3.16. The monoisotopic (exact) mass is 296 g/mol. The second kappa shape index (κ2) is 5.48. The highest BCUT2D eigenvalue weighted by molar-refractivity contribution is 6.33. The topological polar surface area (TPSA) is 103 Å². The number of halogens is 1. The standard InChI is InChI=1S/C12H13ClN4O3/c1-7-15-17(12(20)16(7)4-5-18)8-2-3-10(13)9(6-8)11(14)19/h2-3,6,18H,4-5H2,1H3,(H2,14,19). The summed E-state index contributed by atoms with van der Waals surface area (Å²) in [4.78, 5) is 23.4. The number of benzene rings is 1. The van der Waals surface area contributed by atoms with E-state index >= 15 is 0 Å². The highest BCUT2D eigenvalue weighted by Crippen LogP contribution is 2.18. The molecule has 0 bridgehead atoms. The molecular formula is C12H13ClN4O3. The molecule has 20 heavy (non-hydrogen) atoms. The number of nitrogens with two attached hydrogens (primary N) is 1. The van der Waals surface area contributed by atoms with Gasteiger partial charge in [-0.3, -0.25) is 9.36 Å². The van der Waals surface area contributed by atoms with Gasteiger partial charge in [0.25, 0.3) is 0 Å². The van der Waals surface area contributed by atoms with Crippen LogP contribution in [0.5, 0.6) is 0 Å². The lowest BCUT2D eigenvalue weighted by molar-refractivity contribution is 0.100. The van der Waals surface area contributed by atoms with E-state index in [1.165, 1.54) is 16.7 Å². The molecule has 2 aromatic rings. The van der Waals surface area contributed by atoms with Gasteiger partial charge in [-0.15, -0.1) is 0 Å². The SMILES string of the molecule is Cc1nn(-c2ccc(Cl)c(C(N)=O)c2)c(=O)n1CCO. The molecule has 0 fully saturated rings. The Morgan fingerprint density at radius 2 is 2.20 bits per heavy atom. The minimum atomic E-state index is -0.684. The fourth-order valence-electron chi connectivity index (χ4n) is 1.85. The summed E-state index contributed by atoms with van der Waals surface area (Å²) in [5.74, 6) is -0.226. The van der Waals surface area contributed by atoms with Gasteiger partial charge in [0.05, 0.1) is 29.4 Å². The van der Waals surface area contributed by atoms with Crippen LogP contribution in [0.3, 0.4) is 0 Å². The first-order valence-corrected chi connectivity index (χ1v) is 6.20. The summed E-state index contributed by atoms with van der Waals surface area (Å²) in [6.45, 7) is 1.64. The molecule has 0 radical (unpaired) electrons. The van der Waals surface area contributed by atoms with Crippen LogP contribution < -0.4 is 11.4 Å². The molecule has 8 heteroatoms. The number of hydrogen-bond donors (Lipinski definition) is 2. The molecule has 2 rings (SSSR count). The van der Waals surface area contributed by atoms with Crippen molar-refractivity contribution in [1.29, 1.82) is 0 Å². The van der Waals surface area contributed by atoms with E-state index in [0.717, 1.165) is 4.68 Å². The van der Waals surface area contributed by atoms with Crippen molar-refractivity contribution in [2.45, 2.75) is 13.5 Å². The van der Waals surface area contributed by atoms with Gasteiger partial charge in [0.1, 0.15) is 5.82 Å². The van der Waals surface area contributed by atoms with Gasteiger partial charge in [0.15, 0.2) is 0 Å². The number of amides is 1. The molecule has 0 atom stereocenters. The third-order valence-electron chi connectivity index (χ3n) is 2.83. The predicted molar refractivity (Wildman–Crippen MR) is 73.2 cm³/mol. The van der Waals surface area contributed by atoms with E-state index in [-0.39, 0.29) is 23.7 Å². The van der Waals surface area contributed by atoms with Crippen molar-refractivity contribution in [2.75, 3.05) is 6.61 Å². The minimum absolute atomic E-state index is 0.116.